The van der Waals surface area contributed by atoms with Crippen LogP contribution in [0.2, 0.25) is 0 Å². The third-order valence-corrected chi connectivity index (χ3v) is 4.05. The van der Waals surface area contributed by atoms with Gasteiger partial charge in [0.05, 0.1) is 6.04 Å². The van der Waals surface area contributed by atoms with Crippen LogP contribution in [0.4, 0.5) is 11.6 Å². The maximum Gasteiger partial charge on any atom is 0.136 e. The van der Waals surface area contributed by atoms with E-state index in [1.165, 1.54) is 18.4 Å². The predicted octanol–water partition coefficient (Wildman–Crippen LogP) is 3.63. The van der Waals surface area contributed by atoms with Gasteiger partial charge in [0, 0.05) is 19.0 Å². The fourth-order valence-corrected chi connectivity index (χ4v) is 2.77. The fraction of sp³-hybridized carbons (Fsp3) is 0.429. The quantitative estimate of drug-likeness (QED) is 0.874. The zero-order valence-electron chi connectivity index (χ0n) is 11.2. The summed E-state index contributed by atoms with van der Waals surface area (Å²) >= 11 is 1.72. The lowest BCUT2D eigenvalue weighted by Crippen LogP contribution is -2.09. The summed E-state index contributed by atoms with van der Waals surface area (Å²) in [4.78, 5) is 9.16. The number of nitrogens with one attached hydrogen (secondary N) is 2. The Kier molecular flexibility index (Phi) is 3.38. The minimum Gasteiger partial charge on any atom is -0.373 e. The molecule has 2 aromatic rings. The molecular formula is C14H18N4S. The Morgan fingerprint density at radius 1 is 1.32 bits per heavy atom. The molecule has 3 rings (SSSR count). The molecule has 0 radical (unpaired) electrons. The van der Waals surface area contributed by atoms with Crippen molar-refractivity contribution in [2.24, 2.45) is 0 Å². The highest BCUT2D eigenvalue weighted by Crippen LogP contribution is 2.39. The molecule has 2 aromatic heterocycles. The lowest BCUT2D eigenvalue weighted by molar-refractivity contribution is 0.859. The van der Waals surface area contributed by atoms with E-state index in [2.05, 4.69) is 44.4 Å². The van der Waals surface area contributed by atoms with E-state index in [1.54, 1.807) is 11.3 Å². The van der Waals surface area contributed by atoms with Gasteiger partial charge in [-0.05, 0) is 42.2 Å². The summed E-state index contributed by atoms with van der Waals surface area (Å²) in [5.74, 6) is 3.31. The Bertz CT molecular complexity index is 549. The number of hydrogen-bond acceptors (Lipinski definition) is 5. The minimum atomic E-state index is 0.262. The molecule has 4 nitrogen and oxygen atoms in total. The van der Waals surface area contributed by atoms with Crippen molar-refractivity contribution in [2.45, 2.75) is 31.7 Å². The van der Waals surface area contributed by atoms with Gasteiger partial charge >= 0.3 is 0 Å². The molecular weight excluding hydrogens is 256 g/mol. The normalized spacial score (nSPS) is 16.1. The van der Waals surface area contributed by atoms with Crippen molar-refractivity contribution < 1.29 is 0 Å². The fourth-order valence-electron chi connectivity index (χ4n) is 2.02. The van der Waals surface area contributed by atoms with Crippen molar-refractivity contribution in [3.63, 3.8) is 0 Å². The maximum atomic E-state index is 4.63. The largest absolute Gasteiger partial charge is 0.373 e. The van der Waals surface area contributed by atoms with Crippen LogP contribution < -0.4 is 10.6 Å². The highest BCUT2D eigenvalue weighted by molar-refractivity contribution is 7.07. The van der Waals surface area contributed by atoms with Gasteiger partial charge in [-0.15, -0.1) is 0 Å². The summed E-state index contributed by atoms with van der Waals surface area (Å²) in [6.07, 6.45) is 2.43. The van der Waals surface area contributed by atoms with Crippen LogP contribution in [-0.4, -0.2) is 17.0 Å². The molecule has 0 amide bonds. The van der Waals surface area contributed by atoms with Crippen LogP contribution in [-0.2, 0) is 0 Å². The molecule has 1 aliphatic rings. The van der Waals surface area contributed by atoms with Crippen molar-refractivity contribution in [1.29, 1.82) is 0 Å². The predicted molar refractivity (Wildman–Crippen MR) is 79.9 cm³/mol. The molecule has 0 spiro atoms. The van der Waals surface area contributed by atoms with Crippen molar-refractivity contribution in [3.05, 3.63) is 34.3 Å². The number of hydrogen-bond donors (Lipinski definition) is 2. The number of thiophene rings is 1. The maximum absolute atomic E-state index is 4.63. The molecule has 0 saturated heterocycles. The van der Waals surface area contributed by atoms with E-state index in [0.717, 1.165) is 17.5 Å². The Labute approximate surface area is 117 Å². The van der Waals surface area contributed by atoms with Gasteiger partial charge in [-0.1, -0.05) is 0 Å². The van der Waals surface area contributed by atoms with Crippen molar-refractivity contribution in [1.82, 2.24) is 9.97 Å². The number of anilines is 2. The summed E-state index contributed by atoms with van der Waals surface area (Å²) in [6, 6.07) is 4.37. The molecule has 100 valence electrons. The Hall–Kier alpha value is -1.62. The number of aromatic nitrogens is 2. The molecule has 2 heterocycles. The van der Waals surface area contributed by atoms with Gasteiger partial charge in [0.15, 0.2) is 0 Å². The monoisotopic (exact) mass is 274 g/mol. The molecule has 0 bridgehead atoms. The first-order valence-corrected chi connectivity index (χ1v) is 7.56. The van der Waals surface area contributed by atoms with Crippen LogP contribution in [0.15, 0.2) is 22.9 Å². The van der Waals surface area contributed by atoms with Crippen LogP contribution in [0.1, 0.15) is 43.1 Å². The van der Waals surface area contributed by atoms with Crippen LogP contribution in [0.25, 0.3) is 0 Å². The number of nitrogens with zero attached hydrogens (tertiary/aromatic N) is 2. The summed E-state index contributed by atoms with van der Waals surface area (Å²) < 4.78 is 0. The van der Waals surface area contributed by atoms with E-state index in [0.29, 0.717) is 5.92 Å². The highest BCUT2D eigenvalue weighted by atomic mass is 32.1. The van der Waals surface area contributed by atoms with E-state index in [-0.39, 0.29) is 6.04 Å². The second-order valence-corrected chi connectivity index (χ2v) is 5.72. The van der Waals surface area contributed by atoms with Gasteiger partial charge in [-0.25, -0.2) is 9.97 Å². The van der Waals surface area contributed by atoms with E-state index in [9.17, 15) is 0 Å². The first-order chi connectivity index (χ1) is 9.26. The zero-order chi connectivity index (χ0) is 13.2. The Morgan fingerprint density at radius 3 is 2.74 bits per heavy atom. The zero-order valence-corrected chi connectivity index (χ0v) is 12.0. The van der Waals surface area contributed by atoms with Gasteiger partial charge in [0.1, 0.15) is 17.5 Å². The lowest BCUT2D eigenvalue weighted by atomic mass is 10.2. The molecule has 1 fully saturated rings. The van der Waals surface area contributed by atoms with E-state index >= 15 is 0 Å². The summed E-state index contributed by atoms with van der Waals surface area (Å²) in [6.45, 7) is 2.15. The van der Waals surface area contributed by atoms with Gasteiger partial charge in [0.2, 0.25) is 0 Å². The standard InChI is InChI=1S/C14H18N4S/c1-9(11-5-6-19-8-11)16-13-7-12(15-2)17-14(18-13)10-3-4-10/h5-10H,3-4H2,1-2H3,(H2,15,16,17,18). The van der Waals surface area contributed by atoms with E-state index < -0.39 is 0 Å². The molecule has 2 N–H and O–H groups in total. The third kappa shape index (κ3) is 2.87. The molecule has 1 aliphatic carbocycles. The molecule has 1 saturated carbocycles. The first kappa shape index (κ1) is 12.4. The Balaban J connectivity index is 1.81. The smallest absolute Gasteiger partial charge is 0.136 e. The van der Waals surface area contributed by atoms with E-state index in [4.69, 9.17) is 0 Å². The Morgan fingerprint density at radius 2 is 2.11 bits per heavy atom. The van der Waals surface area contributed by atoms with Crippen LogP contribution in [0, 0.1) is 0 Å². The van der Waals surface area contributed by atoms with Crippen molar-refractivity contribution >= 4 is 23.0 Å². The average Bonchev–Trinajstić information content (AvgIpc) is 3.13. The van der Waals surface area contributed by atoms with Crippen molar-refractivity contribution in [2.75, 3.05) is 17.7 Å². The third-order valence-electron chi connectivity index (χ3n) is 3.35. The first-order valence-electron chi connectivity index (χ1n) is 6.61. The van der Waals surface area contributed by atoms with Crippen molar-refractivity contribution in [3.8, 4) is 0 Å². The topological polar surface area (TPSA) is 49.8 Å². The SMILES string of the molecule is CNc1cc(NC(C)c2ccsc2)nc(C2CC2)n1. The molecule has 0 aliphatic heterocycles. The molecule has 5 heteroatoms. The summed E-state index contributed by atoms with van der Waals surface area (Å²) in [5.41, 5.74) is 1.29. The summed E-state index contributed by atoms with van der Waals surface area (Å²) in [5, 5.41) is 10.8. The van der Waals surface area contributed by atoms with Crippen LogP contribution >= 0.6 is 11.3 Å². The van der Waals surface area contributed by atoms with Crippen LogP contribution in [0.3, 0.4) is 0 Å². The molecule has 1 unspecified atom stereocenters. The average molecular weight is 274 g/mol. The van der Waals surface area contributed by atoms with Gasteiger partial charge < -0.3 is 10.6 Å². The van der Waals surface area contributed by atoms with Crippen LogP contribution in [0.5, 0.6) is 0 Å². The number of rotatable bonds is 5. The second kappa shape index (κ2) is 5.17. The second-order valence-electron chi connectivity index (χ2n) is 4.94. The summed E-state index contributed by atoms with van der Waals surface area (Å²) in [7, 11) is 1.89. The highest BCUT2D eigenvalue weighted by Gasteiger charge is 2.27. The molecule has 0 aromatic carbocycles. The van der Waals surface area contributed by atoms with E-state index in [1.807, 2.05) is 13.1 Å². The van der Waals surface area contributed by atoms with Gasteiger partial charge in [-0.3, -0.25) is 0 Å². The van der Waals surface area contributed by atoms with Gasteiger partial charge in [-0.2, -0.15) is 11.3 Å². The van der Waals surface area contributed by atoms with Gasteiger partial charge in [0.25, 0.3) is 0 Å². The lowest BCUT2D eigenvalue weighted by Gasteiger charge is -2.15. The minimum absolute atomic E-state index is 0.262. The molecule has 19 heavy (non-hydrogen) atoms. The molecule has 1 atom stereocenters.